The molecule has 2 fully saturated rings. The van der Waals surface area contributed by atoms with E-state index >= 15 is 0 Å². The monoisotopic (exact) mass is 336 g/mol. The first-order valence-corrected chi connectivity index (χ1v) is 10.1. The highest BCUT2D eigenvalue weighted by Gasteiger charge is 2.23. The molecule has 0 radical (unpaired) electrons. The number of hydrogen-bond acceptors (Lipinski definition) is 2. The van der Waals surface area contributed by atoms with Crippen molar-refractivity contribution in [2.24, 2.45) is 0 Å². The molecular formula is C20H36N2O2. The first-order valence-electron chi connectivity index (χ1n) is 10.1. The van der Waals surface area contributed by atoms with Crippen LogP contribution < -0.4 is 0 Å². The molecule has 4 nitrogen and oxygen atoms in total. The maximum Gasteiger partial charge on any atom is 0.222 e. The lowest BCUT2D eigenvalue weighted by Gasteiger charge is -2.32. The zero-order valence-corrected chi connectivity index (χ0v) is 15.8. The van der Waals surface area contributed by atoms with Gasteiger partial charge in [0.05, 0.1) is 0 Å². The fourth-order valence-corrected chi connectivity index (χ4v) is 4.25. The molecule has 0 bridgehead atoms. The van der Waals surface area contributed by atoms with E-state index in [1.54, 1.807) is 0 Å². The van der Waals surface area contributed by atoms with Gasteiger partial charge in [0, 0.05) is 39.0 Å². The molecule has 2 saturated carbocycles. The van der Waals surface area contributed by atoms with E-state index in [1.807, 2.05) is 23.9 Å². The van der Waals surface area contributed by atoms with Gasteiger partial charge in [-0.3, -0.25) is 9.59 Å². The number of rotatable bonds is 7. The maximum absolute atomic E-state index is 12.3. The molecule has 0 aromatic carbocycles. The predicted molar refractivity (Wildman–Crippen MR) is 97.8 cm³/mol. The summed E-state index contributed by atoms with van der Waals surface area (Å²) in [5.74, 6) is 0.518. The van der Waals surface area contributed by atoms with E-state index in [2.05, 4.69) is 0 Å². The van der Waals surface area contributed by atoms with Crippen LogP contribution in [0.4, 0.5) is 0 Å². The van der Waals surface area contributed by atoms with Crippen molar-refractivity contribution in [1.82, 2.24) is 9.80 Å². The molecule has 0 aromatic heterocycles. The zero-order valence-electron chi connectivity index (χ0n) is 15.8. The number of amides is 2. The fraction of sp³-hybridized carbons (Fsp3) is 0.900. The topological polar surface area (TPSA) is 40.6 Å². The third-order valence-corrected chi connectivity index (χ3v) is 6.06. The number of hydrogen-bond donors (Lipinski definition) is 0. The summed E-state index contributed by atoms with van der Waals surface area (Å²) in [6.45, 7) is 0. The van der Waals surface area contributed by atoms with Crippen LogP contribution in [0.3, 0.4) is 0 Å². The maximum atomic E-state index is 12.3. The normalized spacial score (nSPS) is 19.9. The molecule has 0 N–H and O–H groups in total. The SMILES string of the molecule is CN(C(=O)CCCCC(=O)N(C)C1CCCCC1)C1CCCCC1. The molecule has 2 rings (SSSR count). The van der Waals surface area contributed by atoms with E-state index in [0.29, 0.717) is 24.9 Å². The quantitative estimate of drug-likeness (QED) is 0.656. The Morgan fingerprint density at radius 3 is 1.33 bits per heavy atom. The van der Waals surface area contributed by atoms with Crippen LogP contribution in [0.15, 0.2) is 0 Å². The number of nitrogens with zero attached hydrogens (tertiary/aromatic N) is 2. The van der Waals surface area contributed by atoms with Crippen molar-refractivity contribution in [3.05, 3.63) is 0 Å². The summed E-state index contributed by atoms with van der Waals surface area (Å²) in [6, 6.07) is 0.899. The fourth-order valence-electron chi connectivity index (χ4n) is 4.25. The van der Waals surface area contributed by atoms with E-state index in [9.17, 15) is 9.59 Å². The third-order valence-electron chi connectivity index (χ3n) is 6.06. The second kappa shape index (κ2) is 10.0. The van der Waals surface area contributed by atoms with E-state index in [-0.39, 0.29) is 11.8 Å². The van der Waals surface area contributed by atoms with E-state index in [4.69, 9.17) is 0 Å². The molecule has 0 unspecified atom stereocenters. The van der Waals surface area contributed by atoms with E-state index in [1.165, 1.54) is 38.5 Å². The third kappa shape index (κ3) is 5.78. The molecule has 0 atom stereocenters. The van der Waals surface area contributed by atoms with Crippen LogP contribution in [0.1, 0.15) is 89.9 Å². The lowest BCUT2D eigenvalue weighted by molar-refractivity contribution is -0.134. The average Bonchev–Trinajstić information content (AvgIpc) is 2.65. The van der Waals surface area contributed by atoms with Gasteiger partial charge in [0.15, 0.2) is 0 Å². The first kappa shape index (κ1) is 19.3. The number of unbranched alkanes of at least 4 members (excludes halogenated alkanes) is 1. The molecule has 4 heteroatoms. The van der Waals surface area contributed by atoms with Crippen LogP contribution in [0, 0.1) is 0 Å². The first-order chi connectivity index (χ1) is 11.6. The molecule has 2 amide bonds. The highest BCUT2D eigenvalue weighted by Crippen LogP contribution is 2.23. The molecular weight excluding hydrogens is 300 g/mol. The predicted octanol–water partition coefficient (Wildman–Crippen LogP) is 4.13. The minimum Gasteiger partial charge on any atom is -0.343 e. The molecule has 0 spiro atoms. The van der Waals surface area contributed by atoms with Crippen molar-refractivity contribution in [3.8, 4) is 0 Å². The summed E-state index contributed by atoms with van der Waals surface area (Å²) < 4.78 is 0. The number of carbonyl (C=O) groups is 2. The lowest BCUT2D eigenvalue weighted by Crippen LogP contribution is -2.38. The summed E-state index contributed by atoms with van der Waals surface area (Å²) in [7, 11) is 3.92. The molecule has 2 aliphatic rings. The summed E-state index contributed by atoms with van der Waals surface area (Å²) in [5.41, 5.74) is 0. The van der Waals surface area contributed by atoms with Crippen molar-refractivity contribution in [2.75, 3.05) is 14.1 Å². The Labute approximate surface area is 148 Å². The van der Waals surface area contributed by atoms with Crippen LogP contribution in [-0.4, -0.2) is 47.8 Å². The van der Waals surface area contributed by atoms with Gasteiger partial charge in [0.2, 0.25) is 11.8 Å². The molecule has 0 aromatic rings. The van der Waals surface area contributed by atoms with Crippen molar-refractivity contribution >= 4 is 11.8 Å². The van der Waals surface area contributed by atoms with Gasteiger partial charge in [-0.15, -0.1) is 0 Å². The smallest absolute Gasteiger partial charge is 0.222 e. The highest BCUT2D eigenvalue weighted by molar-refractivity contribution is 5.77. The van der Waals surface area contributed by atoms with Crippen LogP contribution >= 0.6 is 0 Å². The van der Waals surface area contributed by atoms with Crippen molar-refractivity contribution in [1.29, 1.82) is 0 Å². The average molecular weight is 337 g/mol. The Morgan fingerprint density at radius 2 is 1.00 bits per heavy atom. The Balaban J connectivity index is 1.60. The standard InChI is InChI=1S/C20H36N2O2/c1-21(17-11-5-3-6-12-17)19(23)15-9-10-16-20(24)22(2)18-13-7-4-8-14-18/h17-18H,3-16H2,1-2H3. The van der Waals surface area contributed by atoms with Crippen LogP contribution in [-0.2, 0) is 9.59 Å². The Bertz CT molecular complexity index is 360. The minimum atomic E-state index is 0.259. The van der Waals surface area contributed by atoms with Gasteiger partial charge in [0.25, 0.3) is 0 Å². The van der Waals surface area contributed by atoms with Crippen molar-refractivity contribution < 1.29 is 9.59 Å². The van der Waals surface area contributed by atoms with Gasteiger partial charge in [-0.05, 0) is 38.5 Å². The Morgan fingerprint density at radius 1 is 0.667 bits per heavy atom. The van der Waals surface area contributed by atoms with E-state index < -0.39 is 0 Å². The zero-order chi connectivity index (χ0) is 17.4. The molecule has 138 valence electrons. The number of carbonyl (C=O) groups excluding carboxylic acids is 2. The van der Waals surface area contributed by atoms with Crippen molar-refractivity contribution in [2.45, 2.75) is 102 Å². The minimum absolute atomic E-state index is 0.259. The second-order valence-corrected chi connectivity index (χ2v) is 7.80. The summed E-state index contributed by atoms with van der Waals surface area (Å²) in [5, 5.41) is 0. The van der Waals surface area contributed by atoms with Crippen LogP contribution in [0.25, 0.3) is 0 Å². The summed E-state index contributed by atoms with van der Waals surface area (Å²) in [6.07, 6.45) is 15.1. The highest BCUT2D eigenvalue weighted by atomic mass is 16.2. The van der Waals surface area contributed by atoms with Gasteiger partial charge in [-0.25, -0.2) is 0 Å². The summed E-state index contributed by atoms with van der Waals surface area (Å²) in [4.78, 5) is 28.5. The van der Waals surface area contributed by atoms with Gasteiger partial charge >= 0.3 is 0 Å². The molecule has 2 aliphatic carbocycles. The summed E-state index contributed by atoms with van der Waals surface area (Å²) >= 11 is 0. The van der Waals surface area contributed by atoms with Gasteiger partial charge in [0.1, 0.15) is 0 Å². The van der Waals surface area contributed by atoms with Crippen LogP contribution in [0.5, 0.6) is 0 Å². The molecule has 0 heterocycles. The Kier molecular flexibility index (Phi) is 8.07. The largest absolute Gasteiger partial charge is 0.343 e. The Hall–Kier alpha value is -1.06. The second-order valence-electron chi connectivity index (χ2n) is 7.80. The molecule has 24 heavy (non-hydrogen) atoms. The van der Waals surface area contributed by atoms with Gasteiger partial charge in [-0.2, -0.15) is 0 Å². The molecule has 0 aliphatic heterocycles. The van der Waals surface area contributed by atoms with Crippen LogP contribution in [0.2, 0.25) is 0 Å². The van der Waals surface area contributed by atoms with E-state index in [0.717, 1.165) is 38.5 Å². The van der Waals surface area contributed by atoms with Gasteiger partial charge < -0.3 is 9.80 Å². The van der Waals surface area contributed by atoms with Gasteiger partial charge in [-0.1, -0.05) is 38.5 Å². The molecule has 0 saturated heterocycles. The van der Waals surface area contributed by atoms with Crippen molar-refractivity contribution in [3.63, 3.8) is 0 Å². The lowest BCUT2D eigenvalue weighted by atomic mass is 9.94.